The lowest BCUT2D eigenvalue weighted by Gasteiger charge is -2.26. The Morgan fingerprint density at radius 2 is 2.43 bits per heavy atom. The molecule has 4 nitrogen and oxygen atoms in total. The lowest BCUT2D eigenvalue weighted by atomic mass is 10.1. The van der Waals surface area contributed by atoms with Gasteiger partial charge in [0, 0.05) is 13.5 Å². The average molecular weight is 193 g/mol. The van der Waals surface area contributed by atoms with Crippen molar-refractivity contribution >= 4 is 0 Å². The Bertz CT molecular complexity index is 332. The largest absolute Gasteiger partial charge is 0.340 e. The molecule has 2 heterocycles. The Morgan fingerprint density at radius 1 is 1.57 bits per heavy atom. The molecule has 4 heteroatoms. The van der Waals surface area contributed by atoms with E-state index in [2.05, 4.69) is 21.6 Å². The van der Waals surface area contributed by atoms with E-state index in [0.29, 0.717) is 5.89 Å². The number of aromatic nitrogens is 2. The predicted molar refractivity (Wildman–Crippen MR) is 52.7 cm³/mol. The molecule has 0 saturated carbocycles. The van der Waals surface area contributed by atoms with Crippen molar-refractivity contribution in [2.24, 2.45) is 0 Å². The summed E-state index contributed by atoms with van der Waals surface area (Å²) in [7, 11) is 0. The van der Waals surface area contributed by atoms with Gasteiger partial charge < -0.3 is 4.52 Å². The first-order valence-electron chi connectivity index (χ1n) is 4.92. The second-order valence-corrected chi connectivity index (χ2v) is 3.79. The van der Waals surface area contributed by atoms with Crippen LogP contribution in [0.3, 0.4) is 0 Å². The molecule has 0 amide bonds. The van der Waals surface area contributed by atoms with Crippen molar-refractivity contribution in [3.8, 4) is 0 Å². The molecule has 14 heavy (non-hydrogen) atoms. The smallest absolute Gasteiger partial charge is 0.223 e. The number of likely N-dealkylation sites (tertiary alicyclic amines) is 1. The van der Waals surface area contributed by atoms with E-state index in [1.54, 1.807) is 0 Å². The highest BCUT2D eigenvalue weighted by Gasteiger charge is 2.15. The first-order chi connectivity index (χ1) is 6.74. The molecule has 2 rings (SSSR count). The first-order valence-corrected chi connectivity index (χ1v) is 4.92. The maximum Gasteiger partial charge on any atom is 0.223 e. The van der Waals surface area contributed by atoms with E-state index >= 15 is 0 Å². The van der Waals surface area contributed by atoms with Crippen molar-refractivity contribution in [1.82, 2.24) is 15.0 Å². The summed E-state index contributed by atoms with van der Waals surface area (Å²) in [5.74, 6) is 1.41. The maximum absolute atomic E-state index is 4.92. The molecule has 0 aromatic carbocycles. The van der Waals surface area contributed by atoms with Gasteiger partial charge in [0.05, 0.1) is 6.54 Å². The normalized spacial score (nSPS) is 18.8. The SMILES string of the molecule is C=C1CCCN(Cc2noc(C)n2)C1. The molecule has 0 N–H and O–H groups in total. The quantitative estimate of drug-likeness (QED) is 0.668. The summed E-state index contributed by atoms with van der Waals surface area (Å²) in [6, 6.07) is 0. The summed E-state index contributed by atoms with van der Waals surface area (Å²) >= 11 is 0. The molecule has 0 aliphatic carbocycles. The Labute approximate surface area is 83.6 Å². The predicted octanol–water partition coefficient (Wildman–Crippen LogP) is 1.53. The molecule has 1 aromatic heterocycles. The van der Waals surface area contributed by atoms with Crippen molar-refractivity contribution in [1.29, 1.82) is 0 Å². The molecule has 1 aliphatic rings. The van der Waals surface area contributed by atoms with Crippen LogP contribution in [0.15, 0.2) is 16.7 Å². The minimum absolute atomic E-state index is 0.635. The zero-order valence-corrected chi connectivity index (χ0v) is 8.49. The van der Waals surface area contributed by atoms with E-state index in [1.807, 2.05) is 6.92 Å². The third-order valence-corrected chi connectivity index (χ3v) is 2.39. The van der Waals surface area contributed by atoms with Crippen LogP contribution in [0.5, 0.6) is 0 Å². The van der Waals surface area contributed by atoms with Crippen molar-refractivity contribution in [3.05, 3.63) is 23.9 Å². The molecular weight excluding hydrogens is 178 g/mol. The molecule has 0 unspecified atom stereocenters. The zero-order chi connectivity index (χ0) is 9.97. The Morgan fingerprint density at radius 3 is 3.07 bits per heavy atom. The molecule has 0 atom stereocenters. The van der Waals surface area contributed by atoms with Crippen LogP contribution in [0.2, 0.25) is 0 Å². The molecule has 1 fully saturated rings. The lowest BCUT2D eigenvalue weighted by Crippen LogP contribution is -2.30. The highest BCUT2D eigenvalue weighted by atomic mass is 16.5. The van der Waals surface area contributed by atoms with Gasteiger partial charge in [-0.25, -0.2) is 0 Å². The van der Waals surface area contributed by atoms with Gasteiger partial charge in [-0.1, -0.05) is 17.3 Å². The molecule has 1 aliphatic heterocycles. The fraction of sp³-hybridized carbons (Fsp3) is 0.600. The Balaban J connectivity index is 1.93. The summed E-state index contributed by atoms with van der Waals surface area (Å²) in [6.07, 6.45) is 2.34. The second-order valence-electron chi connectivity index (χ2n) is 3.79. The number of hydrogen-bond donors (Lipinski definition) is 0. The van der Waals surface area contributed by atoms with Crippen LogP contribution in [0.4, 0.5) is 0 Å². The van der Waals surface area contributed by atoms with Crippen LogP contribution in [-0.4, -0.2) is 28.1 Å². The van der Waals surface area contributed by atoms with Crippen LogP contribution >= 0.6 is 0 Å². The third-order valence-electron chi connectivity index (χ3n) is 2.39. The van der Waals surface area contributed by atoms with Crippen molar-refractivity contribution < 1.29 is 4.52 Å². The number of nitrogens with zero attached hydrogens (tertiary/aromatic N) is 3. The minimum Gasteiger partial charge on any atom is -0.340 e. The van der Waals surface area contributed by atoms with Crippen LogP contribution in [0.25, 0.3) is 0 Å². The van der Waals surface area contributed by atoms with Crippen LogP contribution in [0, 0.1) is 6.92 Å². The van der Waals surface area contributed by atoms with Gasteiger partial charge in [-0.05, 0) is 19.4 Å². The van der Waals surface area contributed by atoms with E-state index in [0.717, 1.165) is 31.9 Å². The first kappa shape index (κ1) is 9.40. The maximum atomic E-state index is 4.92. The zero-order valence-electron chi connectivity index (χ0n) is 8.49. The van der Waals surface area contributed by atoms with Gasteiger partial charge in [0.2, 0.25) is 5.89 Å². The van der Waals surface area contributed by atoms with Crippen molar-refractivity contribution in [2.45, 2.75) is 26.3 Å². The fourth-order valence-corrected chi connectivity index (χ4v) is 1.77. The van der Waals surface area contributed by atoms with E-state index in [4.69, 9.17) is 4.52 Å². The summed E-state index contributed by atoms with van der Waals surface area (Å²) in [4.78, 5) is 6.48. The van der Waals surface area contributed by atoms with E-state index in [1.165, 1.54) is 12.0 Å². The molecular formula is C10H15N3O. The topological polar surface area (TPSA) is 42.2 Å². The summed E-state index contributed by atoms with van der Waals surface area (Å²) in [5, 5.41) is 3.88. The van der Waals surface area contributed by atoms with E-state index in [9.17, 15) is 0 Å². The van der Waals surface area contributed by atoms with Gasteiger partial charge in [0.25, 0.3) is 0 Å². The van der Waals surface area contributed by atoms with Gasteiger partial charge in [0.15, 0.2) is 5.82 Å². The minimum atomic E-state index is 0.635. The Kier molecular flexibility index (Phi) is 2.63. The third kappa shape index (κ3) is 2.20. The number of piperidine rings is 1. The van der Waals surface area contributed by atoms with Crippen LogP contribution in [-0.2, 0) is 6.54 Å². The van der Waals surface area contributed by atoms with Crippen LogP contribution < -0.4 is 0 Å². The number of aryl methyl sites for hydroxylation is 1. The van der Waals surface area contributed by atoms with Crippen LogP contribution in [0.1, 0.15) is 24.6 Å². The van der Waals surface area contributed by atoms with E-state index in [-0.39, 0.29) is 0 Å². The summed E-state index contributed by atoms with van der Waals surface area (Å²) < 4.78 is 4.92. The Hall–Kier alpha value is -1.16. The molecule has 0 radical (unpaired) electrons. The van der Waals surface area contributed by atoms with Crippen molar-refractivity contribution in [3.63, 3.8) is 0 Å². The second kappa shape index (κ2) is 3.92. The van der Waals surface area contributed by atoms with Gasteiger partial charge in [-0.2, -0.15) is 4.98 Å². The summed E-state index contributed by atoms with van der Waals surface area (Å²) in [5.41, 5.74) is 1.30. The average Bonchev–Trinajstić information content (AvgIpc) is 2.51. The highest BCUT2D eigenvalue weighted by molar-refractivity contribution is 5.01. The highest BCUT2D eigenvalue weighted by Crippen LogP contribution is 2.14. The molecule has 0 spiro atoms. The molecule has 1 aromatic rings. The fourth-order valence-electron chi connectivity index (χ4n) is 1.77. The monoisotopic (exact) mass is 193 g/mol. The standard InChI is InChI=1S/C10H15N3O/c1-8-4-3-5-13(6-8)7-10-11-9(2)14-12-10/h1,3-7H2,2H3. The van der Waals surface area contributed by atoms with Gasteiger partial charge in [-0.3, -0.25) is 4.90 Å². The lowest BCUT2D eigenvalue weighted by molar-refractivity contribution is 0.247. The molecule has 0 bridgehead atoms. The van der Waals surface area contributed by atoms with Gasteiger partial charge >= 0.3 is 0 Å². The summed E-state index contributed by atoms with van der Waals surface area (Å²) in [6.45, 7) is 8.66. The number of rotatable bonds is 2. The molecule has 76 valence electrons. The molecule has 1 saturated heterocycles. The van der Waals surface area contributed by atoms with Gasteiger partial charge in [-0.15, -0.1) is 0 Å². The van der Waals surface area contributed by atoms with Gasteiger partial charge in [0.1, 0.15) is 0 Å². The number of hydrogen-bond acceptors (Lipinski definition) is 4. The van der Waals surface area contributed by atoms with E-state index < -0.39 is 0 Å². The van der Waals surface area contributed by atoms with Crippen molar-refractivity contribution in [2.75, 3.05) is 13.1 Å².